The molecule has 1 aromatic carbocycles. The molecule has 1 saturated heterocycles. The lowest BCUT2D eigenvalue weighted by Gasteiger charge is -2.31. The van der Waals surface area contributed by atoms with Crippen LogP contribution in [0.15, 0.2) is 24.3 Å². The van der Waals surface area contributed by atoms with Crippen molar-refractivity contribution >= 4 is 11.4 Å². The van der Waals surface area contributed by atoms with Crippen LogP contribution in [0, 0.1) is 5.92 Å². The maximum Gasteiger partial charge on any atom is 0.0666 e. The van der Waals surface area contributed by atoms with Crippen molar-refractivity contribution in [2.24, 2.45) is 5.92 Å². The topological polar surface area (TPSA) is 33.7 Å². The zero-order chi connectivity index (χ0) is 13.8. The molecule has 110 valence electrons. The molecule has 0 spiro atoms. The Labute approximate surface area is 121 Å². The summed E-state index contributed by atoms with van der Waals surface area (Å²) in [7, 11) is 1.78. The summed E-state index contributed by atoms with van der Waals surface area (Å²) < 4.78 is 10.8. The molecule has 2 aliphatic rings. The average molecular weight is 276 g/mol. The average Bonchev–Trinajstić information content (AvgIpc) is 3.33. The number of rotatable bonds is 6. The normalized spacial score (nSPS) is 20.8. The molecule has 1 heterocycles. The third-order valence-corrected chi connectivity index (χ3v) is 4.13. The van der Waals surface area contributed by atoms with Crippen LogP contribution < -0.4 is 10.2 Å². The lowest BCUT2D eigenvalue weighted by atomic mass is 10.1. The zero-order valence-corrected chi connectivity index (χ0v) is 12.2. The van der Waals surface area contributed by atoms with Gasteiger partial charge in [-0.25, -0.2) is 0 Å². The number of hydrogen-bond donors (Lipinski definition) is 1. The van der Waals surface area contributed by atoms with Crippen molar-refractivity contribution in [3.63, 3.8) is 0 Å². The highest BCUT2D eigenvalue weighted by Gasteiger charge is 2.31. The molecule has 1 aromatic rings. The van der Waals surface area contributed by atoms with E-state index in [0.717, 1.165) is 38.8 Å². The highest BCUT2D eigenvalue weighted by atomic mass is 16.5. The fraction of sp³-hybridized carbons (Fsp3) is 0.625. The summed E-state index contributed by atoms with van der Waals surface area (Å²) >= 11 is 0. The smallest absolute Gasteiger partial charge is 0.0666 e. The molecule has 4 nitrogen and oxygen atoms in total. The minimum atomic E-state index is 0.433. The van der Waals surface area contributed by atoms with Gasteiger partial charge >= 0.3 is 0 Å². The first-order valence-corrected chi connectivity index (χ1v) is 7.55. The van der Waals surface area contributed by atoms with Gasteiger partial charge in [-0.05, 0) is 30.9 Å². The number of morpholine rings is 1. The molecule has 20 heavy (non-hydrogen) atoms. The molecule has 2 fully saturated rings. The minimum absolute atomic E-state index is 0.433. The summed E-state index contributed by atoms with van der Waals surface area (Å²) in [4.78, 5) is 2.41. The second kappa shape index (κ2) is 6.46. The van der Waals surface area contributed by atoms with Crippen LogP contribution in [0.1, 0.15) is 12.8 Å². The molecule has 1 saturated carbocycles. The molecule has 1 N–H and O–H groups in total. The number of nitrogens with one attached hydrogen (secondary N) is 1. The van der Waals surface area contributed by atoms with Gasteiger partial charge in [-0.1, -0.05) is 12.1 Å². The first kappa shape index (κ1) is 13.7. The highest BCUT2D eigenvalue weighted by molar-refractivity contribution is 5.70. The summed E-state index contributed by atoms with van der Waals surface area (Å²) in [6.07, 6.45) is 2.64. The van der Waals surface area contributed by atoms with E-state index >= 15 is 0 Å². The Hall–Kier alpha value is -1.26. The molecular weight excluding hydrogens is 252 g/mol. The fourth-order valence-electron chi connectivity index (χ4n) is 2.85. The molecule has 4 heteroatoms. The van der Waals surface area contributed by atoms with Crippen molar-refractivity contribution in [3.8, 4) is 0 Å². The van der Waals surface area contributed by atoms with Crippen molar-refractivity contribution in [2.75, 3.05) is 50.2 Å². The van der Waals surface area contributed by atoms with Crippen molar-refractivity contribution in [3.05, 3.63) is 24.3 Å². The predicted molar refractivity (Wildman–Crippen MR) is 81.5 cm³/mol. The quantitative estimate of drug-likeness (QED) is 0.865. The Balaban J connectivity index is 1.74. The van der Waals surface area contributed by atoms with Crippen LogP contribution in [-0.2, 0) is 9.47 Å². The van der Waals surface area contributed by atoms with Crippen LogP contribution in [0.5, 0.6) is 0 Å². The first-order valence-electron chi connectivity index (χ1n) is 7.55. The van der Waals surface area contributed by atoms with Crippen LogP contribution in [0.4, 0.5) is 11.4 Å². The van der Waals surface area contributed by atoms with Gasteiger partial charge in [0.15, 0.2) is 0 Å². The van der Waals surface area contributed by atoms with E-state index in [-0.39, 0.29) is 0 Å². The molecule has 1 aliphatic carbocycles. The molecule has 0 amide bonds. The number of nitrogens with zero attached hydrogens (tertiary/aromatic N) is 1. The first-order chi connectivity index (χ1) is 9.88. The van der Waals surface area contributed by atoms with Crippen LogP contribution in [0.25, 0.3) is 0 Å². The van der Waals surface area contributed by atoms with Crippen molar-refractivity contribution in [1.29, 1.82) is 0 Å². The van der Waals surface area contributed by atoms with Gasteiger partial charge in [-0.15, -0.1) is 0 Å². The van der Waals surface area contributed by atoms with Gasteiger partial charge in [0.25, 0.3) is 0 Å². The summed E-state index contributed by atoms with van der Waals surface area (Å²) in [5.74, 6) is 0.771. The number of para-hydroxylation sites is 2. The standard InChI is InChI=1S/C16H24N2O2/c1-19-12-15(13-6-7-13)17-14-4-2-3-5-16(14)18-8-10-20-11-9-18/h2-5,13,15,17H,6-12H2,1H3. The number of benzene rings is 1. The summed E-state index contributed by atoms with van der Waals surface area (Å²) in [5.41, 5.74) is 2.51. The van der Waals surface area contributed by atoms with Gasteiger partial charge in [0.1, 0.15) is 0 Å². The monoisotopic (exact) mass is 276 g/mol. The largest absolute Gasteiger partial charge is 0.383 e. The van der Waals surface area contributed by atoms with Crippen LogP contribution in [0.3, 0.4) is 0 Å². The van der Waals surface area contributed by atoms with E-state index in [4.69, 9.17) is 9.47 Å². The number of ether oxygens (including phenoxy) is 2. The van der Waals surface area contributed by atoms with E-state index in [9.17, 15) is 0 Å². The molecule has 0 radical (unpaired) electrons. The van der Waals surface area contributed by atoms with E-state index in [1.165, 1.54) is 24.2 Å². The van der Waals surface area contributed by atoms with Gasteiger partial charge < -0.3 is 19.7 Å². The van der Waals surface area contributed by atoms with Crippen molar-refractivity contribution < 1.29 is 9.47 Å². The van der Waals surface area contributed by atoms with Crippen LogP contribution in [-0.4, -0.2) is 46.1 Å². The number of methoxy groups -OCH3 is 1. The van der Waals surface area contributed by atoms with Gasteiger partial charge in [0.2, 0.25) is 0 Å². The van der Waals surface area contributed by atoms with E-state index in [1.54, 1.807) is 7.11 Å². The second-order valence-corrected chi connectivity index (χ2v) is 5.66. The molecular formula is C16H24N2O2. The molecule has 1 aliphatic heterocycles. The molecule has 1 atom stereocenters. The van der Waals surface area contributed by atoms with Crippen LogP contribution in [0.2, 0.25) is 0 Å². The fourth-order valence-corrected chi connectivity index (χ4v) is 2.85. The van der Waals surface area contributed by atoms with E-state index in [0.29, 0.717) is 6.04 Å². The van der Waals surface area contributed by atoms with Gasteiger partial charge in [0.05, 0.1) is 37.2 Å². The maximum atomic E-state index is 5.45. The summed E-state index contributed by atoms with van der Waals surface area (Å²) in [5, 5.41) is 3.70. The van der Waals surface area contributed by atoms with E-state index in [1.807, 2.05) is 0 Å². The van der Waals surface area contributed by atoms with Gasteiger partial charge in [-0.3, -0.25) is 0 Å². The number of anilines is 2. The minimum Gasteiger partial charge on any atom is -0.383 e. The number of hydrogen-bond acceptors (Lipinski definition) is 4. The van der Waals surface area contributed by atoms with Crippen molar-refractivity contribution in [1.82, 2.24) is 0 Å². The Kier molecular flexibility index (Phi) is 4.43. The SMILES string of the molecule is COCC(Nc1ccccc1N1CCOCC1)C1CC1. The zero-order valence-electron chi connectivity index (χ0n) is 12.2. The lowest BCUT2D eigenvalue weighted by Crippen LogP contribution is -2.37. The predicted octanol–water partition coefficient (Wildman–Crippen LogP) is 2.36. The van der Waals surface area contributed by atoms with Gasteiger partial charge in [-0.2, -0.15) is 0 Å². The van der Waals surface area contributed by atoms with Crippen LogP contribution >= 0.6 is 0 Å². The Morgan fingerprint density at radius 2 is 2.05 bits per heavy atom. The van der Waals surface area contributed by atoms with E-state index < -0.39 is 0 Å². The molecule has 3 rings (SSSR count). The Morgan fingerprint density at radius 3 is 2.75 bits per heavy atom. The summed E-state index contributed by atoms with van der Waals surface area (Å²) in [6.45, 7) is 4.35. The second-order valence-electron chi connectivity index (χ2n) is 5.66. The maximum absolute atomic E-state index is 5.45. The van der Waals surface area contributed by atoms with Gasteiger partial charge in [0, 0.05) is 20.2 Å². The van der Waals surface area contributed by atoms with Crippen molar-refractivity contribution in [2.45, 2.75) is 18.9 Å². The molecule has 0 aromatic heterocycles. The third kappa shape index (κ3) is 3.25. The lowest BCUT2D eigenvalue weighted by molar-refractivity contribution is 0.122. The molecule has 0 bridgehead atoms. The third-order valence-electron chi connectivity index (χ3n) is 4.13. The molecule has 1 unspecified atom stereocenters. The summed E-state index contributed by atoms with van der Waals surface area (Å²) in [6, 6.07) is 9.02. The van der Waals surface area contributed by atoms with E-state index in [2.05, 4.69) is 34.5 Å². The highest BCUT2D eigenvalue weighted by Crippen LogP contribution is 2.36. The Morgan fingerprint density at radius 1 is 1.30 bits per heavy atom. The Bertz CT molecular complexity index is 428.